The van der Waals surface area contributed by atoms with Crippen LogP contribution in [0.4, 0.5) is 0 Å². The molecular formula is C14H21N3O3. The van der Waals surface area contributed by atoms with Crippen LogP contribution in [-0.4, -0.2) is 29.2 Å². The molecule has 6 heteroatoms. The van der Waals surface area contributed by atoms with E-state index in [0.29, 0.717) is 12.3 Å². The lowest BCUT2D eigenvalue weighted by atomic mass is 10.0. The first kappa shape index (κ1) is 14.9. The third kappa shape index (κ3) is 4.00. The Kier molecular flexibility index (Phi) is 5.05. The smallest absolute Gasteiger partial charge is 0.283 e. The number of nitrogens with two attached hydrogens (primary N) is 1. The van der Waals surface area contributed by atoms with Gasteiger partial charge in [-0.3, -0.25) is 10.2 Å². The van der Waals surface area contributed by atoms with E-state index in [-0.39, 0.29) is 18.3 Å². The monoisotopic (exact) mass is 279 g/mol. The van der Waals surface area contributed by atoms with E-state index in [9.17, 15) is 4.79 Å². The molecule has 0 aromatic carbocycles. The Hall–Kier alpha value is -1.50. The highest BCUT2D eigenvalue weighted by Crippen LogP contribution is 2.22. The van der Waals surface area contributed by atoms with Gasteiger partial charge >= 0.3 is 0 Å². The summed E-state index contributed by atoms with van der Waals surface area (Å²) in [5.41, 5.74) is 3.08. The minimum absolute atomic E-state index is 0.169. The van der Waals surface area contributed by atoms with E-state index in [0.717, 1.165) is 18.5 Å². The zero-order valence-electron chi connectivity index (χ0n) is 11.8. The molecule has 1 amide bonds. The summed E-state index contributed by atoms with van der Waals surface area (Å²) in [6.07, 6.45) is 2.36. The third-order valence-corrected chi connectivity index (χ3v) is 3.29. The summed E-state index contributed by atoms with van der Waals surface area (Å²) in [4.78, 5) is 15.6. The molecular weight excluding hydrogens is 258 g/mol. The number of amides is 1. The molecule has 3 N–H and O–H groups in total. The fraction of sp³-hybridized carbons (Fsp3) is 0.571. The van der Waals surface area contributed by atoms with Crippen LogP contribution in [0, 0.1) is 0 Å². The van der Waals surface area contributed by atoms with Gasteiger partial charge in [0.05, 0.1) is 30.6 Å². The molecule has 0 spiro atoms. The standard InChI is InChI=1S/C14H21N3O3/c1-9-6-12(7-10(2)20-9)19-8-11-4-3-5-13(16-11)14(18)17-15/h3-5,9-10,12H,6-8,15H2,1-2H3,(H,17,18). The molecule has 110 valence electrons. The Morgan fingerprint density at radius 3 is 2.80 bits per heavy atom. The average Bonchev–Trinajstić information content (AvgIpc) is 2.43. The maximum absolute atomic E-state index is 11.4. The van der Waals surface area contributed by atoms with E-state index in [1.165, 1.54) is 0 Å². The van der Waals surface area contributed by atoms with Crippen LogP contribution in [0.3, 0.4) is 0 Å². The first-order valence-corrected chi connectivity index (χ1v) is 6.82. The van der Waals surface area contributed by atoms with Crippen molar-refractivity contribution >= 4 is 5.91 Å². The number of hydrogen-bond donors (Lipinski definition) is 2. The molecule has 20 heavy (non-hydrogen) atoms. The number of carbonyl (C=O) groups is 1. The Bertz CT molecular complexity index is 457. The number of pyridine rings is 1. The molecule has 1 aliphatic heterocycles. The highest BCUT2D eigenvalue weighted by atomic mass is 16.5. The van der Waals surface area contributed by atoms with Crippen LogP contribution in [0.5, 0.6) is 0 Å². The molecule has 6 nitrogen and oxygen atoms in total. The molecule has 1 fully saturated rings. The van der Waals surface area contributed by atoms with Crippen LogP contribution in [0.1, 0.15) is 42.9 Å². The quantitative estimate of drug-likeness (QED) is 0.490. The summed E-state index contributed by atoms with van der Waals surface area (Å²) >= 11 is 0. The number of ether oxygens (including phenoxy) is 2. The first-order valence-electron chi connectivity index (χ1n) is 6.82. The van der Waals surface area contributed by atoms with Gasteiger partial charge in [-0.05, 0) is 38.8 Å². The summed E-state index contributed by atoms with van der Waals surface area (Å²) in [6.45, 7) is 4.49. The van der Waals surface area contributed by atoms with Gasteiger partial charge in [0.2, 0.25) is 0 Å². The molecule has 1 aromatic heterocycles. The number of nitrogen functional groups attached to an aromatic ring is 1. The lowest BCUT2D eigenvalue weighted by Gasteiger charge is -2.31. The predicted octanol–water partition coefficient (Wildman–Crippen LogP) is 1.16. The molecule has 0 radical (unpaired) electrons. The van der Waals surface area contributed by atoms with Gasteiger partial charge in [-0.15, -0.1) is 0 Å². The van der Waals surface area contributed by atoms with Crippen LogP contribution < -0.4 is 11.3 Å². The molecule has 2 unspecified atom stereocenters. The van der Waals surface area contributed by atoms with Crippen LogP contribution in [0.25, 0.3) is 0 Å². The fourth-order valence-corrected chi connectivity index (χ4v) is 2.44. The number of hydrogen-bond acceptors (Lipinski definition) is 5. The van der Waals surface area contributed by atoms with E-state index >= 15 is 0 Å². The topological polar surface area (TPSA) is 86.5 Å². The van der Waals surface area contributed by atoms with Crippen molar-refractivity contribution in [2.45, 2.75) is 51.6 Å². The Morgan fingerprint density at radius 2 is 2.15 bits per heavy atom. The normalized spacial score (nSPS) is 26.2. The van der Waals surface area contributed by atoms with Crippen molar-refractivity contribution in [3.05, 3.63) is 29.6 Å². The van der Waals surface area contributed by atoms with Crippen molar-refractivity contribution in [2.75, 3.05) is 0 Å². The SMILES string of the molecule is CC1CC(OCc2cccc(C(=O)NN)n2)CC(C)O1. The van der Waals surface area contributed by atoms with Crippen LogP contribution in [0.15, 0.2) is 18.2 Å². The van der Waals surface area contributed by atoms with Gasteiger partial charge in [0.15, 0.2) is 0 Å². The van der Waals surface area contributed by atoms with Crippen molar-refractivity contribution in [1.29, 1.82) is 0 Å². The van der Waals surface area contributed by atoms with E-state index in [1.54, 1.807) is 12.1 Å². The summed E-state index contributed by atoms with van der Waals surface area (Å²) in [5.74, 6) is 4.69. The zero-order valence-corrected chi connectivity index (χ0v) is 11.8. The van der Waals surface area contributed by atoms with Crippen LogP contribution in [-0.2, 0) is 16.1 Å². The van der Waals surface area contributed by atoms with Gasteiger partial charge in [-0.25, -0.2) is 10.8 Å². The number of aromatic nitrogens is 1. The number of carbonyl (C=O) groups excluding carboxylic acids is 1. The minimum Gasteiger partial charge on any atom is -0.375 e. The van der Waals surface area contributed by atoms with Gasteiger partial charge in [0, 0.05) is 0 Å². The molecule has 1 saturated heterocycles. The highest BCUT2D eigenvalue weighted by molar-refractivity contribution is 5.91. The molecule has 0 saturated carbocycles. The second kappa shape index (κ2) is 6.78. The maximum atomic E-state index is 11.4. The van der Waals surface area contributed by atoms with Crippen LogP contribution >= 0.6 is 0 Å². The Morgan fingerprint density at radius 1 is 1.45 bits per heavy atom. The molecule has 0 bridgehead atoms. The van der Waals surface area contributed by atoms with Crippen LogP contribution in [0.2, 0.25) is 0 Å². The average molecular weight is 279 g/mol. The first-order chi connectivity index (χ1) is 9.58. The van der Waals surface area contributed by atoms with Crippen molar-refractivity contribution < 1.29 is 14.3 Å². The summed E-state index contributed by atoms with van der Waals surface area (Å²) in [6, 6.07) is 5.22. The molecule has 2 heterocycles. The predicted molar refractivity (Wildman–Crippen MR) is 73.7 cm³/mol. The lowest BCUT2D eigenvalue weighted by Crippen LogP contribution is -2.34. The van der Waals surface area contributed by atoms with Gasteiger partial charge in [0.25, 0.3) is 5.91 Å². The van der Waals surface area contributed by atoms with Gasteiger partial charge in [-0.1, -0.05) is 6.07 Å². The van der Waals surface area contributed by atoms with E-state index in [2.05, 4.69) is 24.3 Å². The van der Waals surface area contributed by atoms with Crippen molar-refractivity contribution in [3.63, 3.8) is 0 Å². The number of nitrogens with one attached hydrogen (secondary N) is 1. The summed E-state index contributed by atoms with van der Waals surface area (Å²) in [7, 11) is 0. The summed E-state index contributed by atoms with van der Waals surface area (Å²) < 4.78 is 11.5. The van der Waals surface area contributed by atoms with Gasteiger partial charge in [0.1, 0.15) is 5.69 Å². The largest absolute Gasteiger partial charge is 0.375 e. The number of nitrogens with zero attached hydrogens (tertiary/aromatic N) is 1. The third-order valence-electron chi connectivity index (χ3n) is 3.29. The number of hydrazine groups is 1. The van der Waals surface area contributed by atoms with E-state index < -0.39 is 5.91 Å². The number of rotatable bonds is 4. The summed E-state index contributed by atoms with van der Waals surface area (Å²) in [5, 5.41) is 0. The van der Waals surface area contributed by atoms with E-state index in [1.807, 2.05) is 6.07 Å². The van der Waals surface area contributed by atoms with Crippen molar-refractivity contribution in [1.82, 2.24) is 10.4 Å². The molecule has 2 rings (SSSR count). The molecule has 0 aliphatic carbocycles. The fourth-order valence-electron chi connectivity index (χ4n) is 2.44. The lowest BCUT2D eigenvalue weighted by molar-refractivity contribution is -0.106. The molecule has 2 atom stereocenters. The molecule has 1 aliphatic rings. The minimum atomic E-state index is -0.403. The molecule has 1 aromatic rings. The second-order valence-corrected chi connectivity index (χ2v) is 5.15. The highest BCUT2D eigenvalue weighted by Gasteiger charge is 2.25. The van der Waals surface area contributed by atoms with Crippen molar-refractivity contribution in [3.8, 4) is 0 Å². The van der Waals surface area contributed by atoms with Gasteiger partial charge < -0.3 is 9.47 Å². The second-order valence-electron chi connectivity index (χ2n) is 5.15. The Balaban J connectivity index is 1.92. The zero-order chi connectivity index (χ0) is 14.5. The van der Waals surface area contributed by atoms with Gasteiger partial charge in [-0.2, -0.15) is 0 Å². The van der Waals surface area contributed by atoms with E-state index in [4.69, 9.17) is 15.3 Å². The van der Waals surface area contributed by atoms with Crippen molar-refractivity contribution in [2.24, 2.45) is 5.84 Å². The maximum Gasteiger partial charge on any atom is 0.283 e. The Labute approximate surface area is 118 Å².